The second-order valence-electron chi connectivity index (χ2n) is 6.77. The molecular weight excluding hydrogens is 491 g/mol. The van der Waals surface area contributed by atoms with Gasteiger partial charge < -0.3 is 10.1 Å². The molecule has 0 aliphatic carbocycles. The molecule has 9 nitrogen and oxygen atoms in total. The molecular formula is C19H19F5N4O5S. The molecule has 1 heterocycles. The lowest BCUT2D eigenvalue weighted by molar-refractivity contribution is -0.206. The van der Waals surface area contributed by atoms with E-state index in [1.54, 1.807) is 0 Å². The zero-order valence-electron chi connectivity index (χ0n) is 17.3. The summed E-state index contributed by atoms with van der Waals surface area (Å²) in [5.74, 6) is -6.92. The average Bonchev–Trinajstić information content (AvgIpc) is 3.19. The highest BCUT2D eigenvalue weighted by molar-refractivity contribution is 7.13. The van der Waals surface area contributed by atoms with Crippen LogP contribution in [0.25, 0.3) is 0 Å². The van der Waals surface area contributed by atoms with E-state index in [0.29, 0.717) is 25.8 Å². The Kier molecular flexibility index (Phi) is 9.68. The summed E-state index contributed by atoms with van der Waals surface area (Å²) in [6, 6.07) is 0.504. The third-order valence-corrected chi connectivity index (χ3v) is 5.01. The van der Waals surface area contributed by atoms with E-state index in [9.17, 15) is 36.3 Å². The van der Waals surface area contributed by atoms with Crippen LogP contribution in [0.5, 0.6) is 0 Å². The van der Waals surface area contributed by atoms with E-state index in [0.717, 1.165) is 11.3 Å². The molecule has 2 rings (SSSR count). The fourth-order valence-corrected chi connectivity index (χ4v) is 3.27. The predicted molar refractivity (Wildman–Crippen MR) is 108 cm³/mol. The molecule has 0 aliphatic heterocycles. The third kappa shape index (κ3) is 7.91. The maximum atomic E-state index is 14.0. The van der Waals surface area contributed by atoms with Crippen molar-refractivity contribution >= 4 is 34.4 Å². The lowest BCUT2D eigenvalue weighted by atomic mass is 10.2. The first-order chi connectivity index (χ1) is 16.0. The molecule has 34 heavy (non-hydrogen) atoms. The van der Waals surface area contributed by atoms with Crippen LogP contribution in [0.4, 0.5) is 31.9 Å². The van der Waals surface area contributed by atoms with Crippen molar-refractivity contribution in [2.75, 3.05) is 11.9 Å². The van der Waals surface area contributed by atoms with Gasteiger partial charge in [-0.3, -0.25) is 20.1 Å². The van der Waals surface area contributed by atoms with Gasteiger partial charge in [-0.2, -0.15) is 8.78 Å². The maximum absolute atomic E-state index is 14.0. The molecule has 0 unspecified atom stereocenters. The van der Waals surface area contributed by atoms with Crippen molar-refractivity contribution in [2.24, 2.45) is 0 Å². The molecule has 1 aromatic carbocycles. The number of hydrogen-bond donors (Lipinski definition) is 4. The molecule has 4 N–H and O–H groups in total. The number of benzene rings is 1. The van der Waals surface area contributed by atoms with Gasteiger partial charge in [0.1, 0.15) is 5.56 Å². The summed E-state index contributed by atoms with van der Waals surface area (Å²) in [4.78, 5) is 38.4. The topological polar surface area (TPSA) is 130 Å². The number of hydrogen-bond acceptors (Lipinski definition) is 7. The first-order valence-corrected chi connectivity index (χ1v) is 10.6. The molecule has 3 amide bonds. The van der Waals surface area contributed by atoms with Crippen molar-refractivity contribution in [3.8, 4) is 0 Å². The summed E-state index contributed by atoms with van der Waals surface area (Å²) in [5, 5.41) is 14.0. The van der Waals surface area contributed by atoms with E-state index in [-0.39, 0.29) is 35.8 Å². The standard InChI is InChI=1S/C19H19F5N4O5S/c20-12-6-5-11(15(21)16(12)22)19(23,24)33-18(31)27-17-26-10(9-34-17)8-14(30)25-7-3-1-2-4-13(29)28-32/h5-6,9,32H,1-4,7-8H2,(H,25,30)(H,28,29)(H,26,27,31). The van der Waals surface area contributed by atoms with Crippen molar-refractivity contribution in [3.63, 3.8) is 0 Å². The summed E-state index contributed by atoms with van der Waals surface area (Å²) in [7, 11) is 0. The van der Waals surface area contributed by atoms with Gasteiger partial charge in [-0.05, 0) is 25.0 Å². The van der Waals surface area contributed by atoms with Crippen LogP contribution in [0.1, 0.15) is 36.9 Å². The molecule has 0 radical (unpaired) electrons. The van der Waals surface area contributed by atoms with E-state index in [4.69, 9.17) is 5.21 Å². The highest BCUT2D eigenvalue weighted by atomic mass is 32.1. The molecule has 0 saturated heterocycles. The quantitative estimate of drug-likeness (QED) is 0.120. The zero-order valence-corrected chi connectivity index (χ0v) is 18.1. The largest absolute Gasteiger partial charge is 0.432 e. The summed E-state index contributed by atoms with van der Waals surface area (Å²) in [5.41, 5.74) is 0.0595. The van der Waals surface area contributed by atoms with Crippen LogP contribution in [-0.2, 0) is 26.9 Å². The number of aromatic nitrogens is 1. The Morgan fingerprint density at radius 2 is 1.79 bits per heavy atom. The van der Waals surface area contributed by atoms with Crippen molar-refractivity contribution in [1.82, 2.24) is 15.8 Å². The maximum Gasteiger partial charge on any atom is 0.432 e. The number of unbranched alkanes of at least 4 members (excludes halogenated alkanes) is 2. The number of nitrogens with zero attached hydrogens (tertiary/aromatic N) is 1. The lowest BCUT2D eigenvalue weighted by Crippen LogP contribution is -2.28. The summed E-state index contributed by atoms with van der Waals surface area (Å²) in [6.45, 7) is 0.330. The van der Waals surface area contributed by atoms with Crippen LogP contribution >= 0.6 is 11.3 Å². The molecule has 0 bridgehead atoms. The highest BCUT2D eigenvalue weighted by Crippen LogP contribution is 2.33. The van der Waals surface area contributed by atoms with E-state index in [1.165, 1.54) is 10.9 Å². The number of anilines is 1. The van der Waals surface area contributed by atoms with Crippen molar-refractivity contribution < 1.29 is 46.3 Å². The number of hydroxylamine groups is 1. The Bertz CT molecular complexity index is 1040. The normalized spacial score (nSPS) is 11.1. The average molecular weight is 510 g/mol. The van der Waals surface area contributed by atoms with E-state index in [1.807, 2.05) is 5.32 Å². The first kappa shape index (κ1) is 26.9. The van der Waals surface area contributed by atoms with Gasteiger partial charge in [0.05, 0.1) is 12.1 Å². The summed E-state index contributed by atoms with van der Waals surface area (Å²) < 4.78 is 71.5. The fourth-order valence-electron chi connectivity index (χ4n) is 2.58. The van der Waals surface area contributed by atoms with Gasteiger partial charge in [-0.15, -0.1) is 11.3 Å². The lowest BCUT2D eigenvalue weighted by Gasteiger charge is -2.17. The third-order valence-electron chi connectivity index (χ3n) is 4.20. The number of thiazole rings is 1. The number of nitrogens with one attached hydrogen (secondary N) is 3. The first-order valence-electron chi connectivity index (χ1n) is 9.69. The molecule has 0 aliphatic rings. The second kappa shape index (κ2) is 12.2. The van der Waals surface area contributed by atoms with Crippen LogP contribution in [-0.4, -0.2) is 34.6 Å². The van der Waals surface area contributed by atoms with Crippen molar-refractivity contribution in [1.29, 1.82) is 0 Å². The number of carbonyl (C=O) groups is 3. The zero-order chi connectivity index (χ0) is 25.3. The number of carbonyl (C=O) groups excluding carboxylic acids is 3. The van der Waals surface area contributed by atoms with Gasteiger partial charge in [-0.1, -0.05) is 6.42 Å². The SMILES string of the molecule is O=C(CCCCCNC(=O)Cc1csc(NC(=O)OC(F)(F)c2ccc(F)c(F)c2F)n1)NO. The minimum Gasteiger partial charge on any atom is -0.380 e. The Morgan fingerprint density at radius 1 is 1.06 bits per heavy atom. The van der Waals surface area contributed by atoms with E-state index >= 15 is 0 Å². The minimum atomic E-state index is -4.61. The number of alkyl halides is 2. The number of halogens is 5. The molecule has 1 aromatic heterocycles. The number of rotatable bonds is 11. The van der Waals surface area contributed by atoms with Crippen LogP contribution in [0.3, 0.4) is 0 Å². The highest BCUT2D eigenvalue weighted by Gasteiger charge is 2.41. The molecule has 2 aromatic rings. The molecule has 0 fully saturated rings. The Morgan fingerprint density at radius 3 is 2.50 bits per heavy atom. The molecule has 0 spiro atoms. The van der Waals surface area contributed by atoms with Gasteiger partial charge >= 0.3 is 12.2 Å². The minimum absolute atomic E-state index is 0.156. The Balaban J connectivity index is 1.79. The Hall–Kier alpha value is -3.33. The summed E-state index contributed by atoms with van der Waals surface area (Å²) >= 11 is 0.799. The molecule has 0 saturated carbocycles. The molecule has 186 valence electrons. The van der Waals surface area contributed by atoms with E-state index < -0.39 is 47.0 Å². The van der Waals surface area contributed by atoms with Crippen molar-refractivity contribution in [3.05, 3.63) is 46.2 Å². The van der Waals surface area contributed by atoms with Gasteiger partial charge in [0, 0.05) is 18.3 Å². The van der Waals surface area contributed by atoms with Crippen LogP contribution in [0.15, 0.2) is 17.5 Å². The van der Waals surface area contributed by atoms with Gasteiger partial charge in [0.15, 0.2) is 22.6 Å². The smallest absolute Gasteiger partial charge is 0.380 e. The van der Waals surface area contributed by atoms with Crippen LogP contribution in [0, 0.1) is 17.5 Å². The van der Waals surface area contributed by atoms with Crippen molar-refractivity contribution in [2.45, 2.75) is 38.2 Å². The summed E-state index contributed by atoms with van der Waals surface area (Å²) in [6.07, 6.45) is -4.60. The molecule has 15 heteroatoms. The molecule has 0 atom stereocenters. The van der Waals surface area contributed by atoms with Crippen LogP contribution < -0.4 is 16.1 Å². The number of ether oxygens (including phenoxy) is 1. The number of amides is 3. The van der Waals surface area contributed by atoms with Gasteiger partial charge in [0.2, 0.25) is 11.8 Å². The Labute approximate surface area is 193 Å². The second-order valence-corrected chi connectivity index (χ2v) is 7.63. The predicted octanol–water partition coefficient (Wildman–Crippen LogP) is 3.58. The van der Waals surface area contributed by atoms with E-state index in [2.05, 4.69) is 15.0 Å². The monoisotopic (exact) mass is 510 g/mol. The van der Waals surface area contributed by atoms with Gasteiger partial charge in [-0.25, -0.2) is 28.4 Å². The van der Waals surface area contributed by atoms with Gasteiger partial charge in [0.25, 0.3) is 0 Å². The van der Waals surface area contributed by atoms with Crippen LogP contribution in [0.2, 0.25) is 0 Å². The fraction of sp³-hybridized carbons (Fsp3) is 0.368.